The number of nitro benzene ring substituents is 1. The molecule has 1 saturated heterocycles. The summed E-state index contributed by atoms with van der Waals surface area (Å²) >= 11 is 0. The van der Waals surface area contributed by atoms with Crippen LogP contribution in [0.15, 0.2) is 71.9 Å². The van der Waals surface area contributed by atoms with Gasteiger partial charge in [-0.15, -0.1) is 0 Å². The molecule has 1 aromatic heterocycles. The molecule has 3 aromatic rings. The highest BCUT2D eigenvalue weighted by atomic mass is 32.2. The maximum atomic E-state index is 13.1. The highest BCUT2D eigenvalue weighted by Crippen LogP contribution is 2.33. The maximum Gasteiger partial charge on any atom is 0.273 e. The van der Waals surface area contributed by atoms with Crippen molar-refractivity contribution in [2.75, 3.05) is 11.3 Å². The zero-order valence-electron chi connectivity index (χ0n) is 17.8. The van der Waals surface area contributed by atoms with Crippen molar-refractivity contribution in [2.24, 2.45) is 0 Å². The van der Waals surface area contributed by atoms with Crippen molar-refractivity contribution in [2.45, 2.75) is 30.7 Å². The molecule has 4 rings (SSSR count). The third-order valence-electron chi connectivity index (χ3n) is 5.68. The molecule has 9 nitrogen and oxygen atoms in total. The Bertz CT molecular complexity index is 1290. The Labute approximate surface area is 191 Å². The number of hydrogen-bond acceptors (Lipinski definition) is 6. The lowest BCUT2D eigenvalue weighted by Crippen LogP contribution is -2.30. The van der Waals surface area contributed by atoms with Gasteiger partial charge in [0.05, 0.1) is 15.9 Å². The number of carbonyl (C=O) groups is 1. The molecule has 0 spiro atoms. The number of nitro groups is 1. The number of anilines is 1. The molecular formula is C23H22N4O5S. The lowest BCUT2D eigenvalue weighted by atomic mass is 10.1. The Kier molecular flexibility index (Phi) is 6.10. The van der Waals surface area contributed by atoms with E-state index in [1.54, 1.807) is 24.5 Å². The first kappa shape index (κ1) is 22.4. The fourth-order valence-electron chi connectivity index (χ4n) is 3.96. The lowest BCUT2D eigenvalue weighted by Gasteiger charge is -2.25. The first-order chi connectivity index (χ1) is 15.8. The molecule has 10 heteroatoms. The third-order valence-corrected chi connectivity index (χ3v) is 7.06. The van der Waals surface area contributed by atoms with E-state index in [0.717, 1.165) is 24.5 Å². The van der Waals surface area contributed by atoms with E-state index in [1.807, 2.05) is 17.0 Å². The molecule has 0 saturated carbocycles. The number of benzene rings is 2. The van der Waals surface area contributed by atoms with Gasteiger partial charge in [0.25, 0.3) is 21.6 Å². The smallest absolute Gasteiger partial charge is 0.273 e. The number of aromatic nitrogens is 1. The van der Waals surface area contributed by atoms with Crippen LogP contribution < -0.4 is 4.72 Å². The molecule has 2 heterocycles. The first-order valence-electron chi connectivity index (χ1n) is 10.3. The highest BCUT2D eigenvalue weighted by molar-refractivity contribution is 7.92. The number of hydrogen-bond donors (Lipinski definition) is 1. The van der Waals surface area contributed by atoms with E-state index >= 15 is 0 Å². The molecule has 1 atom stereocenters. The van der Waals surface area contributed by atoms with Crippen LogP contribution in [0.2, 0.25) is 0 Å². The van der Waals surface area contributed by atoms with Crippen molar-refractivity contribution >= 4 is 27.3 Å². The van der Waals surface area contributed by atoms with Gasteiger partial charge in [0.15, 0.2) is 0 Å². The predicted molar refractivity (Wildman–Crippen MR) is 122 cm³/mol. The van der Waals surface area contributed by atoms with E-state index in [2.05, 4.69) is 9.71 Å². The minimum Gasteiger partial charge on any atom is -0.332 e. The number of carbonyl (C=O) groups excluding carboxylic acids is 1. The van der Waals surface area contributed by atoms with Gasteiger partial charge in [-0.1, -0.05) is 6.07 Å². The second-order valence-electron chi connectivity index (χ2n) is 7.83. The Balaban J connectivity index is 1.51. The van der Waals surface area contributed by atoms with Crippen LogP contribution >= 0.6 is 0 Å². The minimum absolute atomic E-state index is 0.0176. The van der Waals surface area contributed by atoms with Gasteiger partial charge in [0.1, 0.15) is 0 Å². The molecule has 2 aromatic carbocycles. The SMILES string of the molecule is Cc1ccc(S(=O)(=O)Nc2ccc(C(=O)N3CCCC3c3ccncc3)cc2)cc1[N+](=O)[O-]. The van der Waals surface area contributed by atoms with Crippen LogP contribution in [0.1, 0.15) is 40.4 Å². The van der Waals surface area contributed by atoms with E-state index in [0.29, 0.717) is 17.7 Å². The van der Waals surface area contributed by atoms with E-state index in [4.69, 9.17) is 0 Å². The fourth-order valence-corrected chi connectivity index (χ4v) is 5.03. The molecule has 1 aliphatic rings. The number of sulfonamides is 1. The van der Waals surface area contributed by atoms with Crippen molar-refractivity contribution in [3.05, 3.63) is 93.8 Å². The molecule has 170 valence electrons. The van der Waals surface area contributed by atoms with Gasteiger partial charge in [0.2, 0.25) is 0 Å². The Morgan fingerprint density at radius 1 is 1.12 bits per heavy atom. The van der Waals surface area contributed by atoms with Gasteiger partial charge in [-0.05, 0) is 67.8 Å². The number of amides is 1. The zero-order valence-corrected chi connectivity index (χ0v) is 18.7. The van der Waals surface area contributed by atoms with Crippen molar-refractivity contribution in [1.82, 2.24) is 9.88 Å². The minimum atomic E-state index is -4.04. The number of aryl methyl sites for hydroxylation is 1. The van der Waals surface area contributed by atoms with Gasteiger partial charge >= 0.3 is 0 Å². The molecule has 0 radical (unpaired) electrons. The van der Waals surface area contributed by atoms with E-state index in [9.17, 15) is 23.3 Å². The van der Waals surface area contributed by atoms with Crippen LogP contribution in [0.3, 0.4) is 0 Å². The molecule has 33 heavy (non-hydrogen) atoms. The zero-order chi connectivity index (χ0) is 23.6. The number of likely N-dealkylation sites (tertiary alicyclic amines) is 1. The van der Waals surface area contributed by atoms with Gasteiger partial charge in [0, 0.05) is 41.8 Å². The number of nitrogens with zero attached hydrogens (tertiary/aromatic N) is 3. The molecule has 0 bridgehead atoms. The monoisotopic (exact) mass is 466 g/mol. The summed E-state index contributed by atoms with van der Waals surface area (Å²) in [6, 6.07) is 13.7. The first-order valence-corrected chi connectivity index (χ1v) is 11.8. The summed E-state index contributed by atoms with van der Waals surface area (Å²) in [6.07, 6.45) is 5.19. The van der Waals surface area contributed by atoms with Crippen LogP contribution in [-0.4, -0.2) is 35.7 Å². The molecule has 0 aliphatic carbocycles. The predicted octanol–water partition coefficient (Wildman–Crippen LogP) is 4.08. The number of pyridine rings is 1. The van der Waals surface area contributed by atoms with Crippen molar-refractivity contribution in [3.8, 4) is 0 Å². The quantitative estimate of drug-likeness (QED) is 0.431. The summed E-state index contributed by atoms with van der Waals surface area (Å²) in [5, 5.41) is 11.1. The molecule has 1 fully saturated rings. The lowest BCUT2D eigenvalue weighted by molar-refractivity contribution is -0.385. The molecule has 1 aliphatic heterocycles. The Morgan fingerprint density at radius 2 is 1.82 bits per heavy atom. The molecular weight excluding hydrogens is 444 g/mol. The molecule has 1 unspecified atom stereocenters. The van der Waals surface area contributed by atoms with Gasteiger partial charge in [-0.25, -0.2) is 8.42 Å². The second-order valence-corrected chi connectivity index (χ2v) is 9.51. The van der Waals surface area contributed by atoms with E-state index in [1.165, 1.54) is 31.2 Å². The van der Waals surface area contributed by atoms with E-state index in [-0.39, 0.29) is 28.2 Å². The average Bonchev–Trinajstić information content (AvgIpc) is 3.29. The van der Waals surface area contributed by atoms with Crippen molar-refractivity contribution in [1.29, 1.82) is 0 Å². The summed E-state index contributed by atoms with van der Waals surface area (Å²) < 4.78 is 27.8. The van der Waals surface area contributed by atoms with Gasteiger partial charge in [-0.3, -0.25) is 24.6 Å². The normalized spacial score (nSPS) is 15.9. The third kappa shape index (κ3) is 4.70. The average molecular weight is 467 g/mol. The summed E-state index contributed by atoms with van der Waals surface area (Å²) in [5.74, 6) is -0.127. The van der Waals surface area contributed by atoms with Crippen LogP contribution in [0.4, 0.5) is 11.4 Å². The number of nitrogens with one attached hydrogen (secondary N) is 1. The van der Waals surface area contributed by atoms with Crippen LogP contribution in [-0.2, 0) is 10.0 Å². The summed E-state index contributed by atoms with van der Waals surface area (Å²) in [7, 11) is -4.04. The van der Waals surface area contributed by atoms with Crippen LogP contribution in [0.25, 0.3) is 0 Å². The highest BCUT2D eigenvalue weighted by Gasteiger charge is 2.30. The summed E-state index contributed by atoms with van der Waals surface area (Å²) in [4.78, 5) is 29.2. The number of rotatable bonds is 6. The van der Waals surface area contributed by atoms with Crippen molar-refractivity contribution < 1.29 is 18.1 Å². The van der Waals surface area contributed by atoms with Gasteiger partial charge in [-0.2, -0.15) is 0 Å². The molecule has 1 amide bonds. The topological polar surface area (TPSA) is 123 Å². The Morgan fingerprint density at radius 3 is 2.48 bits per heavy atom. The second kappa shape index (κ2) is 8.99. The largest absolute Gasteiger partial charge is 0.332 e. The van der Waals surface area contributed by atoms with Gasteiger partial charge < -0.3 is 4.90 Å². The van der Waals surface area contributed by atoms with E-state index < -0.39 is 14.9 Å². The Hall–Kier alpha value is -3.79. The fraction of sp³-hybridized carbons (Fsp3) is 0.217. The standard InChI is InChI=1S/C23H22N4O5S/c1-16-4-9-20(15-22(16)27(29)30)33(31,32)25-19-7-5-18(6-8-19)23(28)26-14-2-3-21(26)17-10-12-24-13-11-17/h4-13,15,21,25H,2-3,14H2,1H3. The summed E-state index contributed by atoms with van der Waals surface area (Å²) in [6.45, 7) is 2.18. The van der Waals surface area contributed by atoms with Crippen LogP contribution in [0.5, 0.6) is 0 Å². The summed E-state index contributed by atoms with van der Waals surface area (Å²) in [5.41, 5.74) is 1.83. The van der Waals surface area contributed by atoms with Crippen LogP contribution in [0, 0.1) is 17.0 Å². The molecule has 1 N–H and O–H groups in total. The van der Waals surface area contributed by atoms with Crippen molar-refractivity contribution in [3.63, 3.8) is 0 Å². The maximum absolute atomic E-state index is 13.1.